The molecule has 4 heteroatoms. The Kier molecular flexibility index (Phi) is 3.10. The van der Waals surface area contributed by atoms with Gasteiger partial charge in [-0.1, -0.05) is 22.0 Å². The van der Waals surface area contributed by atoms with E-state index in [0.29, 0.717) is 11.4 Å². The average Bonchev–Trinajstić information content (AvgIpc) is 2.24. The molecule has 0 radical (unpaired) electrons. The minimum Gasteiger partial charge on any atom is -0.399 e. The highest BCUT2D eigenvalue weighted by Crippen LogP contribution is 2.24. The van der Waals surface area contributed by atoms with Crippen molar-refractivity contribution < 1.29 is 4.39 Å². The number of hydrogen-bond donors (Lipinski definition) is 2. The highest BCUT2D eigenvalue weighted by Gasteiger charge is 2.02. The molecule has 0 saturated heterocycles. The van der Waals surface area contributed by atoms with Gasteiger partial charge in [0.15, 0.2) is 0 Å². The number of rotatable bonds is 2. The van der Waals surface area contributed by atoms with E-state index in [0.717, 1.165) is 10.2 Å². The second-order valence-corrected chi connectivity index (χ2v) is 4.29. The number of nitrogen functional groups attached to an aromatic ring is 1. The van der Waals surface area contributed by atoms with Crippen molar-refractivity contribution in [1.29, 1.82) is 0 Å². The van der Waals surface area contributed by atoms with Gasteiger partial charge in [0.1, 0.15) is 5.82 Å². The summed E-state index contributed by atoms with van der Waals surface area (Å²) in [5, 5.41) is 2.97. The maximum Gasteiger partial charge on any atom is 0.146 e. The van der Waals surface area contributed by atoms with E-state index in [4.69, 9.17) is 5.73 Å². The summed E-state index contributed by atoms with van der Waals surface area (Å²) in [6, 6.07) is 11.9. The molecular formula is C12H10BrFN2. The number of halogens is 2. The molecule has 2 rings (SSSR count). The van der Waals surface area contributed by atoms with Crippen LogP contribution in [0.5, 0.6) is 0 Å². The van der Waals surface area contributed by atoms with Crippen LogP contribution in [0.1, 0.15) is 0 Å². The number of nitrogens with two attached hydrogens (primary N) is 1. The third-order valence-electron chi connectivity index (χ3n) is 2.09. The van der Waals surface area contributed by atoms with Crippen LogP contribution in [0.2, 0.25) is 0 Å². The Hall–Kier alpha value is -1.55. The Morgan fingerprint density at radius 2 is 1.94 bits per heavy atom. The minimum atomic E-state index is -0.300. The highest BCUT2D eigenvalue weighted by molar-refractivity contribution is 9.10. The van der Waals surface area contributed by atoms with Crippen molar-refractivity contribution in [3.63, 3.8) is 0 Å². The van der Waals surface area contributed by atoms with Gasteiger partial charge in [0.05, 0.1) is 5.69 Å². The fraction of sp³-hybridized carbons (Fsp3) is 0. The fourth-order valence-electron chi connectivity index (χ4n) is 1.37. The molecule has 0 unspecified atom stereocenters. The first-order chi connectivity index (χ1) is 7.65. The van der Waals surface area contributed by atoms with Gasteiger partial charge in [-0.05, 0) is 36.4 Å². The van der Waals surface area contributed by atoms with Crippen LogP contribution in [-0.2, 0) is 0 Å². The minimum absolute atomic E-state index is 0.300. The van der Waals surface area contributed by atoms with Crippen molar-refractivity contribution in [2.75, 3.05) is 11.1 Å². The van der Waals surface area contributed by atoms with Crippen molar-refractivity contribution in [3.8, 4) is 0 Å². The summed E-state index contributed by atoms with van der Waals surface area (Å²) in [5.41, 5.74) is 7.45. The molecule has 3 N–H and O–H groups in total. The highest BCUT2D eigenvalue weighted by atomic mass is 79.9. The molecule has 2 aromatic carbocycles. The molecule has 82 valence electrons. The van der Waals surface area contributed by atoms with Crippen molar-refractivity contribution in [2.45, 2.75) is 0 Å². The van der Waals surface area contributed by atoms with E-state index in [2.05, 4.69) is 21.2 Å². The summed E-state index contributed by atoms with van der Waals surface area (Å²) in [6.07, 6.45) is 0. The van der Waals surface area contributed by atoms with Crippen LogP contribution in [0.25, 0.3) is 0 Å². The van der Waals surface area contributed by atoms with Gasteiger partial charge in [0.25, 0.3) is 0 Å². The Balaban J connectivity index is 2.30. The molecule has 0 spiro atoms. The summed E-state index contributed by atoms with van der Waals surface area (Å²) in [4.78, 5) is 0. The molecule has 16 heavy (non-hydrogen) atoms. The van der Waals surface area contributed by atoms with E-state index in [1.54, 1.807) is 24.3 Å². The van der Waals surface area contributed by atoms with Gasteiger partial charge < -0.3 is 11.1 Å². The van der Waals surface area contributed by atoms with E-state index in [1.165, 1.54) is 6.07 Å². The normalized spacial score (nSPS) is 10.1. The fourth-order valence-corrected chi connectivity index (χ4v) is 1.73. The van der Waals surface area contributed by atoms with E-state index >= 15 is 0 Å². The van der Waals surface area contributed by atoms with Crippen LogP contribution in [0.4, 0.5) is 21.5 Å². The zero-order valence-corrected chi connectivity index (χ0v) is 9.96. The largest absolute Gasteiger partial charge is 0.399 e. The first-order valence-corrected chi connectivity index (χ1v) is 5.52. The predicted octanol–water partition coefficient (Wildman–Crippen LogP) is 3.91. The molecule has 0 aromatic heterocycles. The Morgan fingerprint density at radius 1 is 1.12 bits per heavy atom. The smallest absolute Gasteiger partial charge is 0.146 e. The second kappa shape index (κ2) is 4.53. The Labute approximate surface area is 101 Å². The van der Waals surface area contributed by atoms with E-state index in [9.17, 15) is 4.39 Å². The molecule has 0 amide bonds. The molecule has 0 heterocycles. The number of benzene rings is 2. The van der Waals surface area contributed by atoms with Crippen LogP contribution in [0, 0.1) is 5.82 Å². The second-order valence-electron chi connectivity index (χ2n) is 3.37. The van der Waals surface area contributed by atoms with E-state index in [1.807, 2.05) is 12.1 Å². The van der Waals surface area contributed by atoms with Gasteiger partial charge in [-0.2, -0.15) is 0 Å². The SMILES string of the molecule is Nc1cccc(Nc2cc(Br)ccc2F)c1. The molecule has 0 aliphatic rings. The number of hydrogen-bond acceptors (Lipinski definition) is 2. The summed E-state index contributed by atoms with van der Waals surface area (Å²) >= 11 is 3.29. The van der Waals surface area contributed by atoms with Crippen molar-refractivity contribution in [3.05, 3.63) is 52.8 Å². The molecule has 0 aliphatic heterocycles. The van der Waals surface area contributed by atoms with Gasteiger partial charge in [-0.25, -0.2) is 4.39 Å². The van der Waals surface area contributed by atoms with Crippen LogP contribution in [0.15, 0.2) is 46.9 Å². The lowest BCUT2D eigenvalue weighted by Crippen LogP contribution is -1.94. The average molecular weight is 281 g/mol. The molecule has 0 atom stereocenters. The summed E-state index contributed by atoms with van der Waals surface area (Å²) in [7, 11) is 0. The van der Waals surface area contributed by atoms with Gasteiger partial charge in [0.2, 0.25) is 0 Å². The number of nitrogens with one attached hydrogen (secondary N) is 1. The van der Waals surface area contributed by atoms with Crippen LogP contribution >= 0.6 is 15.9 Å². The van der Waals surface area contributed by atoms with Gasteiger partial charge in [-0.3, -0.25) is 0 Å². The van der Waals surface area contributed by atoms with Gasteiger partial charge in [-0.15, -0.1) is 0 Å². The molecular weight excluding hydrogens is 271 g/mol. The van der Waals surface area contributed by atoms with Gasteiger partial charge >= 0.3 is 0 Å². The van der Waals surface area contributed by atoms with Crippen molar-refractivity contribution in [1.82, 2.24) is 0 Å². The standard InChI is InChI=1S/C12H10BrFN2/c13-8-4-5-11(14)12(6-8)16-10-3-1-2-9(15)7-10/h1-7,16H,15H2. The summed E-state index contributed by atoms with van der Waals surface area (Å²) in [5.74, 6) is -0.300. The van der Waals surface area contributed by atoms with Crippen LogP contribution in [-0.4, -0.2) is 0 Å². The first kappa shape index (κ1) is 11.0. The zero-order valence-electron chi connectivity index (χ0n) is 8.37. The Bertz CT molecular complexity index is 514. The Morgan fingerprint density at radius 3 is 2.69 bits per heavy atom. The molecule has 0 aliphatic carbocycles. The van der Waals surface area contributed by atoms with Crippen LogP contribution in [0.3, 0.4) is 0 Å². The van der Waals surface area contributed by atoms with Gasteiger partial charge in [0, 0.05) is 15.8 Å². The lowest BCUT2D eigenvalue weighted by molar-refractivity contribution is 0.631. The third-order valence-corrected chi connectivity index (χ3v) is 2.59. The lowest BCUT2D eigenvalue weighted by atomic mass is 10.2. The lowest BCUT2D eigenvalue weighted by Gasteiger charge is -2.08. The molecule has 2 aromatic rings. The monoisotopic (exact) mass is 280 g/mol. The first-order valence-electron chi connectivity index (χ1n) is 4.73. The quantitative estimate of drug-likeness (QED) is 0.819. The maximum atomic E-state index is 13.4. The van der Waals surface area contributed by atoms with Crippen molar-refractivity contribution >= 4 is 33.0 Å². The molecule has 0 fully saturated rings. The molecule has 2 nitrogen and oxygen atoms in total. The summed E-state index contributed by atoms with van der Waals surface area (Å²) < 4.78 is 14.3. The maximum absolute atomic E-state index is 13.4. The molecule has 0 saturated carbocycles. The van der Waals surface area contributed by atoms with E-state index in [-0.39, 0.29) is 5.82 Å². The summed E-state index contributed by atoms with van der Waals surface area (Å²) in [6.45, 7) is 0. The van der Waals surface area contributed by atoms with Crippen LogP contribution < -0.4 is 11.1 Å². The number of anilines is 3. The molecule has 0 bridgehead atoms. The third kappa shape index (κ3) is 2.52. The zero-order chi connectivity index (χ0) is 11.5. The van der Waals surface area contributed by atoms with E-state index < -0.39 is 0 Å². The predicted molar refractivity (Wildman–Crippen MR) is 68.2 cm³/mol. The topological polar surface area (TPSA) is 38.0 Å². The van der Waals surface area contributed by atoms with Crippen molar-refractivity contribution in [2.24, 2.45) is 0 Å².